The molecule has 0 radical (unpaired) electrons. The monoisotopic (exact) mass is 304 g/mol. The summed E-state index contributed by atoms with van der Waals surface area (Å²) >= 11 is 2.04. The summed E-state index contributed by atoms with van der Waals surface area (Å²) in [5.74, 6) is 0.391. The first-order valence-corrected chi connectivity index (χ1v) is 5.01. The van der Waals surface area contributed by atoms with Crippen molar-refractivity contribution in [3.63, 3.8) is 0 Å². The number of hydrogen-bond acceptors (Lipinski definition) is 3. The molecule has 0 aliphatic carbocycles. The molecular formula is C9H6FIN2O. The molecule has 0 spiro atoms. The van der Waals surface area contributed by atoms with E-state index in [1.54, 1.807) is 19.1 Å². The maximum Gasteiger partial charge on any atom is 0.223 e. The van der Waals surface area contributed by atoms with Crippen LogP contribution in [0.5, 0.6) is 0 Å². The van der Waals surface area contributed by atoms with Crippen molar-refractivity contribution in [2.75, 3.05) is 0 Å². The third-order valence-electron chi connectivity index (χ3n) is 1.71. The van der Waals surface area contributed by atoms with Gasteiger partial charge in [-0.05, 0) is 34.7 Å². The first-order chi connectivity index (χ1) is 6.68. The molecule has 1 heterocycles. The van der Waals surface area contributed by atoms with Crippen LogP contribution in [-0.4, -0.2) is 10.1 Å². The van der Waals surface area contributed by atoms with Crippen molar-refractivity contribution < 1.29 is 8.91 Å². The highest BCUT2D eigenvalue weighted by Gasteiger charge is 2.14. The fraction of sp³-hybridized carbons (Fsp3) is 0.111. The molecule has 2 rings (SSSR count). The van der Waals surface area contributed by atoms with Gasteiger partial charge < -0.3 is 4.52 Å². The molecule has 0 fully saturated rings. The summed E-state index contributed by atoms with van der Waals surface area (Å²) in [6, 6.07) is 4.82. The second-order valence-corrected chi connectivity index (χ2v) is 3.90. The van der Waals surface area contributed by atoms with Crippen LogP contribution in [0.1, 0.15) is 5.89 Å². The standard InChI is InChI=1S/C9H6FIN2O/c1-5-12-9(13-14-5)8-6(10)3-2-4-7(8)11/h2-4H,1H3. The van der Waals surface area contributed by atoms with Crippen LogP contribution in [0.15, 0.2) is 22.7 Å². The zero-order valence-corrected chi connectivity index (χ0v) is 9.45. The second-order valence-electron chi connectivity index (χ2n) is 2.73. The minimum atomic E-state index is -0.335. The third kappa shape index (κ3) is 1.63. The highest BCUT2D eigenvalue weighted by atomic mass is 127. The molecule has 14 heavy (non-hydrogen) atoms. The molecular weight excluding hydrogens is 298 g/mol. The van der Waals surface area contributed by atoms with Crippen LogP contribution in [-0.2, 0) is 0 Å². The Morgan fingerprint density at radius 2 is 2.21 bits per heavy atom. The van der Waals surface area contributed by atoms with Gasteiger partial charge in [0.05, 0.1) is 5.56 Å². The number of halogens is 2. The van der Waals surface area contributed by atoms with Crippen molar-refractivity contribution in [3.05, 3.63) is 33.5 Å². The topological polar surface area (TPSA) is 38.9 Å². The molecule has 72 valence electrons. The minimum absolute atomic E-state index is 0.296. The van der Waals surface area contributed by atoms with Gasteiger partial charge in [0.1, 0.15) is 5.82 Å². The van der Waals surface area contributed by atoms with Crippen molar-refractivity contribution in [2.45, 2.75) is 6.92 Å². The third-order valence-corrected chi connectivity index (χ3v) is 2.61. The predicted molar refractivity (Wildman–Crippen MR) is 57.1 cm³/mol. The SMILES string of the molecule is Cc1nc(-c2c(F)cccc2I)no1. The van der Waals surface area contributed by atoms with Gasteiger partial charge in [-0.2, -0.15) is 4.98 Å². The molecule has 5 heteroatoms. The fourth-order valence-electron chi connectivity index (χ4n) is 1.11. The predicted octanol–water partition coefficient (Wildman–Crippen LogP) is 2.79. The smallest absolute Gasteiger partial charge is 0.223 e. The molecule has 1 aromatic heterocycles. The van der Waals surface area contributed by atoms with Gasteiger partial charge in [-0.3, -0.25) is 0 Å². The Kier molecular flexibility index (Phi) is 2.49. The Morgan fingerprint density at radius 3 is 2.79 bits per heavy atom. The van der Waals surface area contributed by atoms with Crippen LogP contribution in [0, 0.1) is 16.3 Å². The maximum absolute atomic E-state index is 13.4. The van der Waals surface area contributed by atoms with Crippen LogP contribution in [0.25, 0.3) is 11.4 Å². The number of nitrogens with zero attached hydrogens (tertiary/aromatic N) is 2. The van der Waals surface area contributed by atoms with Crippen LogP contribution in [0.2, 0.25) is 0 Å². The van der Waals surface area contributed by atoms with Gasteiger partial charge in [0, 0.05) is 10.5 Å². The molecule has 0 aliphatic heterocycles. The molecule has 0 atom stereocenters. The normalized spacial score (nSPS) is 10.5. The lowest BCUT2D eigenvalue weighted by Crippen LogP contribution is -1.90. The highest BCUT2D eigenvalue weighted by molar-refractivity contribution is 14.1. The number of rotatable bonds is 1. The van der Waals surface area contributed by atoms with E-state index in [4.69, 9.17) is 4.52 Å². The first-order valence-electron chi connectivity index (χ1n) is 3.93. The number of hydrogen-bond donors (Lipinski definition) is 0. The number of benzene rings is 1. The van der Waals surface area contributed by atoms with Crippen molar-refractivity contribution in [3.8, 4) is 11.4 Å². The number of aromatic nitrogens is 2. The fourth-order valence-corrected chi connectivity index (χ4v) is 1.82. The van der Waals surface area contributed by atoms with Gasteiger partial charge in [0.15, 0.2) is 0 Å². The molecule has 0 bridgehead atoms. The Labute approximate surface area is 93.5 Å². The van der Waals surface area contributed by atoms with Crippen molar-refractivity contribution in [1.29, 1.82) is 0 Å². The lowest BCUT2D eigenvalue weighted by Gasteiger charge is -1.99. The van der Waals surface area contributed by atoms with E-state index in [0.717, 1.165) is 3.57 Å². The molecule has 0 amide bonds. The van der Waals surface area contributed by atoms with Crippen LogP contribution in [0.3, 0.4) is 0 Å². The van der Waals surface area contributed by atoms with Crippen molar-refractivity contribution in [2.24, 2.45) is 0 Å². The van der Waals surface area contributed by atoms with Gasteiger partial charge in [-0.25, -0.2) is 4.39 Å². The van der Waals surface area contributed by atoms with Crippen LogP contribution < -0.4 is 0 Å². The molecule has 0 aliphatic rings. The minimum Gasteiger partial charge on any atom is -0.339 e. The molecule has 2 aromatic rings. The number of aryl methyl sites for hydroxylation is 1. The lowest BCUT2D eigenvalue weighted by molar-refractivity contribution is 0.394. The van der Waals surface area contributed by atoms with Crippen molar-refractivity contribution >= 4 is 22.6 Å². The molecule has 0 saturated carbocycles. The summed E-state index contributed by atoms with van der Waals surface area (Å²) in [5.41, 5.74) is 0.393. The molecule has 1 aromatic carbocycles. The van der Waals surface area contributed by atoms with E-state index in [1.807, 2.05) is 22.6 Å². The largest absolute Gasteiger partial charge is 0.339 e. The summed E-state index contributed by atoms with van der Waals surface area (Å²) in [6.07, 6.45) is 0. The molecule has 3 nitrogen and oxygen atoms in total. The molecule has 0 unspecified atom stereocenters. The average Bonchev–Trinajstić information content (AvgIpc) is 2.51. The lowest BCUT2D eigenvalue weighted by atomic mass is 10.2. The zero-order valence-electron chi connectivity index (χ0n) is 7.29. The quantitative estimate of drug-likeness (QED) is 0.761. The van der Waals surface area contributed by atoms with E-state index in [9.17, 15) is 4.39 Å². The Hall–Kier alpha value is -0.980. The van der Waals surface area contributed by atoms with E-state index in [0.29, 0.717) is 17.3 Å². The van der Waals surface area contributed by atoms with E-state index in [-0.39, 0.29) is 5.82 Å². The van der Waals surface area contributed by atoms with Crippen molar-refractivity contribution in [1.82, 2.24) is 10.1 Å². The van der Waals surface area contributed by atoms with E-state index < -0.39 is 0 Å². The maximum atomic E-state index is 13.4. The van der Waals surface area contributed by atoms with Crippen LogP contribution in [0.4, 0.5) is 4.39 Å². The zero-order chi connectivity index (χ0) is 10.1. The van der Waals surface area contributed by atoms with Gasteiger partial charge in [-0.15, -0.1) is 0 Å². The summed E-state index contributed by atoms with van der Waals surface area (Å²) in [5, 5.41) is 3.68. The van der Waals surface area contributed by atoms with Gasteiger partial charge in [0.2, 0.25) is 11.7 Å². The Balaban J connectivity index is 2.61. The van der Waals surface area contributed by atoms with Gasteiger partial charge in [0.25, 0.3) is 0 Å². The summed E-state index contributed by atoms with van der Waals surface area (Å²) in [4.78, 5) is 3.98. The molecule has 0 N–H and O–H groups in total. The van der Waals surface area contributed by atoms with Gasteiger partial charge in [-0.1, -0.05) is 11.2 Å². The Bertz CT molecular complexity index is 449. The summed E-state index contributed by atoms with van der Waals surface area (Å²) < 4.78 is 19.0. The van der Waals surface area contributed by atoms with E-state index >= 15 is 0 Å². The first kappa shape index (κ1) is 9.57. The summed E-state index contributed by atoms with van der Waals surface area (Å²) in [6.45, 7) is 1.67. The molecule has 0 saturated heterocycles. The van der Waals surface area contributed by atoms with Gasteiger partial charge >= 0.3 is 0 Å². The highest BCUT2D eigenvalue weighted by Crippen LogP contribution is 2.25. The van der Waals surface area contributed by atoms with Crippen LogP contribution >= 0.6 is 22.6 Å². The van der Waals surface area contributed by atoms with E-state index in [2.05, 4.69) is 10.1 Å². The second kappa shape index (κ2) is 3.64. The summed E-state index contributed by atoms with van der Waals surface area (Å²) in [7, 11) is 0. The average molecular weight is 304 g/mol. The Morgan fingerprint density at radius 1 is 1.43 bits per heavy atom. The van der Waals surface area contributed by atoms with E-state index in [1.165, 1.54) is 6.07 Å².